The quantitative estimate of drug-likeness (QED) is 0.658. The van der Waals surface area contributed by atoms with E-state index in [9.17, 15) is 4.39 Å². The summed E-state index contributed by atoms with van der Waals surface area (Å²) in [7, 11) is 1.91. The number of nitrogens with zero attached hydrogens (tertiary/aromatic N) is 2. The van der Waals surface area contributed by atoms with Crippen LogP contribution in [0.4, 0.5) is 10.1 Å². The van der Waals surface area contributed by atoms with Crippen LogP contribution >= 0.6 is 11.8 Å². The van der Waals surface area contributed by atoms with Gasteiger partial charge >= 0.3 is 0 Å². The molecule has 0 aliphatic rings. The molecule has 0 aliphatic carbocycles. The maximum Gasteiger partial charge on any atom is 0.167 e. The number of aromatic nitrogens is 2. The molecular weight excluding hydrogens is 225 g/mol. The second-order valence-electron chi connectivity index (χ2n) is 3.43. The second-order valence-corrected chi connectivity index (χ2v) is 4.37. The number of nitrogen functional groups attached to an aromatic ring is 1. The van der Waals surface area contributed by atoms with E-state index in [0.29, 0.717) is 11.3 Å². The van der Waals surface area contributed by atoms with Crippen molar-refractivity contribution in [1.29, 1.82) is 0 Å². The Morgan fingerprint density at radius 2 is 2.31 bits per heavy atom. The van der Waals surface area contributed by atoms with Gasteiger partial charge in [-0.05, 0) is 6.07 Å². The summed E-state index contributed by atoms with van der Waals surface area (Å²) in [6.07, 6.45) is 3.58. The maximum atomic E-state index is 13.6. The van der Waals surface area contributed by atoms with Crippen molar-refractivity contribution in [1.82, 2.24) is 9.55 Å². The van der Waals surface area contributed by atoms with Gasteiger partial charge in [0.25, 0.3) is 0 Å². The molecule has 1 heterocycles. The van der Waals surface area contributed by atoms with Gasteiger partial charge in [0.15, 0.2) is 5.16 Å². The zero-order valence-corrected chi connectivity index (χ0v) is 9.67. The Balaban J connectivity index is 2.11. The SMILES string of the molecule is Cn1ccnc1SCc1cccc(N)c1F. The molecule has 2 rings (SSSR count). The van der Waals surface area contributed by atoms with Gasteiger partial charge in [-0.3, -0.25) is 0 Å². The third kappa shape index (κ3) is 2.19. The molecule has 0 saturated carbocycles. The van der Waals surface area contributed by atoms with E-state index in [0.717, 1.165) is 5.16 Å². The summed E-state index contributed by atoms with van der Waals surface area (Å²) < 4.78 is 15.5. The second kappa shape index (κ2) is 4.57. The smallest absolute Gasteiger partial charge is 0.167 e. The fourth-order valence-electron chi connectivity index (χ4n) is 1.34. The number of thioether (sulfide) groups is 1. The van der Waals surface area contributed by atoms with Crippen molar-refractivity contribution in [2.75, 3.05) is 5.73 Å². The molecule has 1 aromatic heterocycles. The number of nitrogens with two attached hydrogens (primary N) is 1. The predicted molar refractivity (Wildman–Crippen MR) is 63.6 cm³/mol. The van der Waals surface area contributed by atoms with E-state index in [2.05, 4.69) is 4.98 Å². The Hall–Kier alpha value is -1.49. The molecule has 0 unspecified atom stereocenters. The van der Waals surface area contributed by atoms with Gasteiger partial charge in [-0.1, -0.05) is 23.9 Å². The van der Waals surface area contributed by atoms with Gasteiger partial charge < -0.3 is 10.3 Å². The van der Waals surface area contributed by atoms with E-state index in [4.69, 9.17) is 5.73 Å². The largest absolute Gasteiger partial charge is 0.396 e. The van der Waals surface area contributed by atoms with E-state index >= 15 is 0 Å². The highest BCUT2D eigenvalue weighted by Gasteiger charge is 2.07. The molecule has 0 saturated heterocycles. The molecule has 2 aromatic rings. The van der Waals surface area contributed by atoms with Gasteiger partial charge in [-0.15, -0.1) is 0 Å². The molecule has 0 spiro atoms. The fourth-order valence-corrected chi connectivity index (χ4v) is 2.25. The molecule has 0 amide bonds. The summed E-state index contributed by atoms with van der Waals surface area (Å²) in [5.41, 5.74) is 6.29. The number of anilines is 1. The molecular formula is C11H12FN3S. The van der Waals surface area contributed by atoms with Crippen molar-refractivity contribution in [2.24, 2.45) is 7.05 Å². The first-order chi connectivity index (χ1) is 7.68. The highest BCUT2D eigenvalue weighted by Crippen LogP contribution is 2.24. The topological polar surface area (TPSA) is 43.8 Å². The standard InChI is InChI=1S/C11H12FN3S/c1-15-6-5-14-11(15)16-7-8-3-2-4-9(13)10(8)12/h2-6H,7,13H2,1H3. The van der Waals surface area contributed by atoms with E-state index in [1.807, 2.05) is 17.8 Å². The Kier molecular flexibility index (Phi) is 3.14. The lowest BCUT2D eigenvalue weighted by atomic mass is 10.2. The van der Waals surface area contributed by atoms with Crippen LogP contribution in [0.3, 0.4) is 0 Å². The summed E-state index contributed by atoms with van der Waals surface area (Å²) in [5.74, 6) is 0.200. The Morgan fingerprint density at radius 1 is 1.50 bits per heavy atom. The van der Waals surface area contributed by atoms with Crippen LogP contribution in [0.5, 0.6) is 0 Å². The third-order valence-corrected chi connectivity index (χ3v) is 3.35. The first-order valence-corrected chi connectivity index (χ1v) is 5.80. The number of aryl methyl sites for hydroxylation is 1. The molecule has 0 bridgehead atoms. The molecule has 1 aromatic carbocycles. The lowest BCUT2D eigenvalue weighted by Crippen LogP contribution is -1.96. The highest BCUT2D eigenvalue weighted by atomic mass is 32.2. The summed E-state index contributed by atoms with van der Waals surface area (Å²) in [5, 5.41) is 0.863. The Bertz CT molecular complexity index is 496. The van der Waals surface area contributed by atoms with E-state index in [1.165, 1.54) is 11.8 Å². The molecule has 16 heavy (non-hydrogen) atoms. The van der Waals surface area contributed by atoms with Crippen LogP contribution < -0.4 is 5.73 Å². The van der Waals surface area contributed by atoms with Gasteiger partial charge in [0.05, 0.1) is 5.69 Å². The number of halogens is 1. The molecule has 0 fully saturated rings. The average Bonchev–Trinajstić information content (AvgIpc) is 2.67. The van der Waals surface area contributed by atoms with Crippen LogP contribution in [0.15, 0.2) is 35.7 Å². The minimum atomic E-state index is -0.329. The van der Waals surface area contributed by atoms with Crippen molar-refractivity contribution >= 4 is 17.4 Å². The molecule has 0 radical (unpaired) electrons. The van der Waals surface area contributed by atoms with Crippen LogP contribution in [0.2, 0.25) is 0 Å². The van der Waals surface area contributed by atoms with Crippen molar-refractivity contribution in [3.05, 3.63) is 42.0 Å². The molecule has 2 N–H and O–H groups in total. The molecule has 3 nitrogen and oxygen atoms in total. The summed E-state index contributed by atoms with van der Waals surface area (Å²) in [4.78, 5) is 4.16. The van der Waals surface area contributed by atoms with Crippen molar-refractivity contribution < 1.29 is 4.39 Å². The number of rotatable bonds is 3. The summed E-state index contributed by atoms with van der Waals surface area (Å²) in [6, 6.07) is 5.05. The number of hydrogen-bond acceptors (Lipinski definition) is 3. The van der Waals surface area contributed by atoms with Crippen LogP contribution in [-0.4, -0.2) is 9.55 Å². The monoisotopic (exact) mass is 237 g/mol. The van der Waals surface area contributed by atoms with Crippen molar-refractivity contribution in [3.8, 4) is 0 Å². The predicted octanol–water partition coefficient (Wildman–Crippen LogP) is 2.43. The zero-order chi connectivity index (χ0) is 11.5. The molecule has 84 valence electrons. The van der Waals surface area contributed by atoms with Crippen molar-refractivity contribution in [3.63, 3.8) is 0 Å². The fraction of sp³-hybridized carbons (Fsp3) is 0.182. The minimum Gasteiger partial charge on any atom is -0.396 e. The molecule has 0 aliphatic heterocycles. The van der Waals surface area contributed by atoms with E-state index in [-0.39, 0.29) is 11.5 Å². The number of imidazole rings is 1. The summed E-state index contributed by atoms with van der Waals surface area (Å²) >= 11 is 1.49. The van der Waals surface area contributed by atoms with E-state index < -0.39 is 0 Å². The molecule has 0 atom stereocenters. The Morgan fingerprint density at radius 3 is 3.00 bits per heavy atom. The number of benzene rings is 1. The maximum absolute atomic E-state index is 13.6. The van der Waals surface area contributed by atoms with Crippen LogP contribution in [0.25, 0.3) is 0 Å². The first kappa shape index (κ1) is 11.0. The van der Waals surface area contributed by atoms with Gasteiger partial charge in [0.2, 0.25) is 0 Å². The van der Waals surface area contributed by atoms with Gasteiger partial charge in [-0.25, -0.2) is 9.37 Å². The molecule has 5 heteroatoms. The lowest BCUT2D eigenvalue weighted by Gasteiger charge is -2.05. The summed E-state index contributed by atoms with van der Waals surface area (Å²) in [6.45, 7) is 0. The minimum absolute atomic E-state index is 0.193. The number of hydrogen-bond donors (Lipinski definition) is 1. The normalized spacial score (nSPS) is 10.6. The lowest BCUT2D eigenvalue weighted by molar-refractivity contribution is 0.622. The highest BCUT2D eigenvalue weighted by molar-refractivity contribution is 7.98. The van der Waals surface area contributed by atoms with Crippen LogP contribution in [0.1, 0.15) is 5.56 Å². The first-order valence-electron chi connectivity index (χ1n) is 4.81. The van der Waals surface area contributed by atoms with Gasteiger partial charge in [-0.2, -0.15) is 0 Å². The third-order valence-electron chi connectivity index (χ3n) is 2.24. The zero-order valence-electron chi connectivity index (χ0n) is 8.85. The van der Waals surface area contributed by atoms with Crippen LogP contribution in [-0.2, 0) is 12.8 Å². The van der Waals surface area contributed by atoms with Gasteiger partial charge in [0.1, 0.15) is 5.82 Å². The van der Waals surface area contributed by atoms with Crippen molar-refractivity contribution in [2.45, 2.75) is 10.9 Å². The average molecular weight is 237 g/mol. The van der Waals surface area contributed by atoms with E-state index in [1.54, 1.807) is 24.4 Å². The van der Waals surface area contributed by atoms with Crippen LogP contribution in [0, 0.1) is 5.82 Å². The van der Waals surface area contributed by atoms with Gasteiger partial charge in [0, 0.05) is 30.8 Å². The Labute approximate surface area is 97.5 Å².